The molecule has 19 heavy (non-hydrogen) atoms. The van der Waals surface area contributed by atoms with Gasteiger partial charge in [-0.25, -0.2) is 4.39 Å². The Morgan fingerprint density at radius 2 is 2.21 bits per heavy atom. The molecule has 0 spiro atoms. The number of hydrogen-bond acceptors (Lipinski definition) is 4. The summed E-state index contributed by atoms with van der Waals surface area (Å²) in [6.45, 7) is 0.330. The number of hydrogen-bond donors (Lipinski definition) is 1. The van der Waals surface area contributed by atoms with Gasteiger partial charge in [-0.2, -0.15) is 5.26 Å². The van der Waals surface area contributed by atoms with Gasteiger partial charge < -0.3 is 5.32 Å². The second kappa shape index (κ2) is 7.06. The number of nitrogens with zero attached hydrogens (tertiary/aromatic N) is 2. The molecule has 1 rings (SSSR count). The van der Waals surface area contributed by atoms with Crippen molar-refractivity contribution in [1.82, 2.24) is 5.32 Å². The zero-order valence-electron chi connectivity index (χ0n) is 10.1. The third kappa shape index (κ3) is 4.35. The molecule has 1 aromatic rings. The third-order valence-corrected chi connectivity index (χ3v) is 2.41. The summed E-state index contributed by atoms with van der Waals surface area (Å²) in [7, 11) is 0. The van der Waals surface area contributed by atoms with Gasteiger partial charge in [-0.1, -0.05) is 0 Å². The summed E-state index contributed by atoms with van der Waals surface area (Å²) in [5.74, 6) is -1.55. The van der Waals surface area contributed by atoms with Crippen LogP contribution in [-0.4, -0.2) is 17.4 Å². The van der Waals surface area contributed by atoms with E-state index in [-0.39, 0.29) is 5.56 Å². The minimum Gasteiger partial charge on any atom is -0.352 e. The van der Waals surface area contributed by atoms with Crippen LogP contribution in [-0.2, 0) is 0 Å². The van der Waals surface area contributed by atoms with Crippen LogP contribution in [0.3, 0.4) is 0 Å². The van der Waals surface area contributed by atoms with E-state index in [1.54, 1.807) is 0 Å². The Kier molecular flexibility index (Phi) is 5.41. The van der Waals surface area contributed by atoms with Gasteiger partial charge in [-0.15, -0.1) is 0 Å². The van der Waals surface area contributed by atoms with Crippen molar-refractivity contribution in [1.29, 1.82) is 5.26 Å². The molecule has 7 heteroatoms. The van der Waals surface area contributed by atoms with Crippen LogP contribution in [0.15, 0.2) is 18.2 Å². The van der Waals surface area contributed by atoms with Gasteiger partial charge in [-0.05, 0) is 18.9 Å². The number of rotatable bonds is 6. The molecule has 0 atom stereocenters. The third-order valence-electron chi connectivity index (χ3n) is 2.41. The minimum atomic E-state index is -0.927. The van der Waals surface area contributed by atoms with E-state index in [9.17, 15) is 19.3 Å². The molecule has 1 amide bonds. The Morgan fingerprint density at radius 1 is 1.47 bits per heavy atom. The number of benzene rings is 1. The second-order valence-corrected chi connectivity index (χ2v) is 3.79. The lowest BCUT2D eigenvalue weighted by Crippen LogP contribution is -2.25. The summed E-state index contributed by atoms with van der Waals surface area (Å²) in [6, 6.07) is 4.85. The number of halogens is 1. The first-order valence-electron chi connectivity index (χ1n) is 5.65. The lowest BCUT2D eigenvalue weighted by molar-refractivity contribution is -0.385. The smallest absolute Gasteiger partial charge is 0.272 e. The van der Waals surface area contributed by atoms with E-state index < -0.39 is 22.3 Å². The van der Waals surface area contributed by atoms with Crippen LogP contribution in [0.4, 0.5) is 10.1 Å². The molecule has 0 aliphatic heterocycles. The molecule has 0 radical (unpaired) electrons. The summed E-state index contributed by atoms with van der Waals surface area (Å²) >= 11 is 0. The van der Waals surface area contributed by atoms with E-state index >= 15 is 0 Å². The summed E-state index contributed by atoms with van der Waals surface area (Å²) in [5.41, 5.74) is -0.631. The van der Waals surface area contributed by atoms with E-state index in [1.807, 2.05) is 6.07 Å². The van der Waals surface area contributed by atoms with Crippen LogP contribution in [0.2, 0.25) is 0 Å². The van der Waals surface area contributed by atoms with Crippen LogP contribution >= 0.6 is 0 Å². The number of unbranched alkanes of at least 4 members (excludes halogenated alkanes) is 2. The predicted molar refractivity (Wildman–Crippen MR) is 64.9 cm³/mol. The summed E-state index contributed by atoms with van der Waals surface area (Å²) in [5, 5.41) is 21.2. The van der Waals surface area contributed by atoms with Crippen LogP contribution < -0.4 is 5.32 Å². The molecular weight excluding hydrogens is 253 g/mol. The number of nitro groups is 1. The first-order chi connectivity index (χ1) is 9.06. The van der Waals surface area contributed by atoms with Crippen LogP contribution in [0, 0.1) is 27.3 Å². The second-order valence-electron chi connectivity index (χ2n) is 3.79. The molecular formula is C12H12FN3O3. The molecule has 100 valence electrons. The van der Waals surface area contributed by atoms with Crippen LogP contribution in [0.25, 0.3) is 0 Å². The summed E-state index contributed by atoms with van der Waals surface area (Å²) < 4.78 is 13.5. The van der Waals surface area contributed by atoms with E-state index in [2.05, 4.69) is 5.32 Å². The van der Waals surface area contributed by atoms with Crippen molar-refractivity contribution >= 4 is 11.6 Å². The maximum Gasteiger partial charge on any atom is 0.272 e. The molecule has 1 N–H and O–H groups in total. The number of amides is 1. The normalized spacial score (nSPS) is 9.68. The van der Waals surface area contributed by atoms with Gasteiger partial charge in [0.05, 0.1) is 22.6 Å². The zero-order chi connectivity index (χ0) is 14.3. The fourth-order valence-electron chi connectivity index (χ4n) is 1.43. The summed E-state index contributed by atoms with van der Waals surface area (Å²) in [4.78, 5) is 21.3. The Balaban J connectivity index is 2.58. The number of carbonyl (C=O) groups excluding carboxylic acids is 1. The van der Waals surface area contributed by atoms with Crippen molar-refractivity contribution in [3.8, 4) is 6.07 Å². The first-order valence-corrected chi connectivity index (χ1v) is 5.65. The molecule has 0 aliphatic rings. The van der Waals surface area contributed by atoms with Crippen molar-refractivity contribution in [3.05, 3.63) is 39.7 Å². The van der Waals surface area contributed by atoms with Crippen molar-refractivity contribution in [3.63, 3.8) is 0 Å². The molecule has 0 saturated heterocycles. The number of carbonyl (C=O) groups is 1. The largest absolute Gasteiger partial charge is 0.352 e. The van der Waals surface area contributed by atoms with Gasteiger partial charge in [0.1, 0.15) is 5.82 Å². The number of nitrogens with one attached hydrogen (secondary N) is 1. The highest BCUT2D eigenvalue weighted by Gasteiger charge is 2.15. The van der Waals surface area contributed by atoms with Crippen molar-refractivity contribution in [2.45, 2.75) is 19.3 Å². The Labute approximate surface area is 109 Å². The van der Waals surface area contributed by atoms with E-state index in [0.29, 0.717) is 31.9 Å². The molecule has 6 nitrogen and oxygen atoms in total. The fraction of sp³-hybridized carbons (Fsp3) is 0.333. The average Bonchev–Trinajstić information content (AvgIpc) is 2.38. The fourth-order valence-corrected chi connectivity index (χ4v) is 1.43. The highest BCUT2D eigenvalue weighted by atomic mass is 19.1. The maximum absolute atomic E-state index is 13.5. The standard InChI is InChI=1S/C12H12FN3O3/c13-11-8-9(16(18)19)4-5-10(11)12(17)15-7-3-1-2-6-14/h4-5,8H,1-3,7H2,(H,15,17). The molecule has 0 heterocycles. The van der Waals surface area contributed by atoms with Gasteiger partial charge >= 0.3 is 0 Å². The van der Waals surface area contributed by atoms with Gasteiger partial charge in [-0.3, -0.25) is 14.9 Å². The molecule has 0 saturated carbocycles. The molecule has 1 aromatic carbocycles. The zero-order valence-corrected chi connectivity index (χ0v) is 10.1. The molecule has 0 aliphatic carbocycles. The van der Waals surface area contributed by atoms with E-state index in [4.69, 9.17) is 5.26 Å². The Hall–Kier alpha value is -2.49. The van der Waals surface area contributed by atoms with Gasteiger partial charge in [0, 0.05) is 19.0 Å². The molecule has 0 unspecified atom stereocenters. The highest BCUT2D eigenvalue weighted by molar-refractivity contribution is 5.94. The molecule has 0 aromatic heterocycles. The van der Waals surface area contributed by atoms with Crippen molar-refractivity contribution in [2.24, 2.45) is 0 Å². The van der Waals surface area contributed by atoms with Crippen LogP contribution in [0.1, 0.15) is 29.6 Å². The maximum atomic E-state index is 13.5. The quantitative estimate of drug-likeness (QED) is 0.484. The van der Waals surface area contributed by atoms with E-state index in [0.717, 1.165) is 12.1 Å². The molecule has 0 fully saturated rings. The lowest BCUT2D eigenvalue weighted by Gasteiger charge is -2.05. The van der Waals surface area contributed by atoms with Gasteiger partial charge in [0.15, 0.2) is 0 Å². The molecule has 0 bridgehead atoms. The SMILES string of the molecule is N#CCCCCNC(=O)c1ccc([N+](=O)[O-])cc1F. The predicted octanol–water partition coefficient (Wildman–Crippen LogP) is 2.16. The Bertz CT molecular complexity index is 525. The number of nitriles is 1. The van der Waals surface area contributed by atoms with Crippen molar-refractivity contribution in [2.75, 3.05) is 6.54 Å². The topological polar surface area (TPSA) is 96.0 Å². The lowest BCUT2D eigenvalue weighted by atomic mass is 10.1. The number of non-ortho nitro benzene ring substituents is 1. The van der Waals surface area contributed by atoms with Gasteiger partial charge in [0.25, 0.3) is 11.6 Å². The number of nitro benzene ring substituents is 1. The highest BCUT2D eigenvalue weighted by Crippen LogP contribution is 2.16. The monoisotopic (exact) mass is 265 g/mol. The van der Waals surface area contributed by atoms with Crippen LogP contribution in [0.5, 0.6) is 0 Å². The van der Waals surface area contributed by atoms with Gasteiger partial charge in [0.2, 0.25) is 0 Å². The minimum absolute atomic E-state index is 0.231. The Morgan fingerprint density at radius 3 is 2.79 bits per heavy atom. The van der Waals surface area contributed by atoms with E-state index in [1.165, 1.54) is 0 Å². The summed E-state index contributed by atoms with van der Waals surface area (Å²) in [6.07, 6.45) is 1.68. The first kappa shape index (κ1) is 14.6. The average molecular weight is 265 g/mol. The van der Waals surface area contributed by atoms with Crippen molar-refractivity contribution < 1.29 is 14.1 Å².